The fourth-order valence-corrected chi connectivity index (χ4v) is 1.83. The van der Waals surface area contributed by atoms with Crippen LogP contribution in [-0.4, -0.2) is 39.5 Å². The molecule has 0 spiro atoms. The van der Waals surface area contributed by atoms with E-state index in [0.29, 0.717) is 5.69 Å². The predicted molar refractivity (Wildman–Crippen MR) is 56.3 cm³/mol. The van der Waals surface area contributed by atoms with E-state index in [2.05, 4.69) is 4.98 Å². The zero-order valence-corrected chi connectivity index (χ0v) is 8.89. The molecule has 1 aliphatic rings. The van der Waals surface area contributed by atoms with E-state index in [1.807, 2.05) is 11.9 Å². The molecule has 1 fully saturated rings. The van der Waals surface area contributed by atoms with Crippen molar-refractivity contribution in [3.63, 3.8) is 0 Å². The smallest absolute Gasteiger partial charge is 0.272 e. The van der Waals surface area contributed by atoms with Gasteiger partial charge in [-0.05, 0) is 12.8 Å². The second kappa shape index (κ2) is 4.02. The molecule has 1 saturated heterocycles. The highest BCUT2D eigenvalue weighted by Gasteiger charge is 2.23. The lowest BCUT2D eigenvalue weighted by atomic mass is 10.1. The van der Waals surface area contributed by atoms with E-state index in [4.69, 9.17) is 5.73 Å². The molecule has 0 radical (unpaired) electrons. The normalized spacial score (nSPS) is 18.1. The molecule has 1 aromatic rings. The highest BCUT2D eigenvalue weighted by Crippen LogP contribution is 2.11. The van der Waals surface area contributed by atoms with Gasteiger partial charge in [0.2, 0.25) is 0 Å². The quantitative estimate of drug-likeness (QED) is 0.705. The summed E-state index contributed by atoms with van der Waals surface area (Å²) in [7, 11) is 1.83. The minimum Gasteiger partial charge on any atom is -0.337 e. The van der Waals surface area contributed by atoms with E-state index in [0.717, 1.165) is 25.9 Å². The summed E-state index contributed by atoms with van der Waals surface area (Å²) in [4.78, 5) is 17.8. The molecule has 0 aromatic carbocycles. The zero-order valence-electron chi connectivity index (χ0n) is 8.89. The van der Waals surface area contributed by atoms with E-state index in [-0.39, 0.29) is 11.9 Å². The monoisotopic (exact) mass is 208 g/mol. The van der Waals surface area contributed by atoms with Gasteiger partial charge in [0.25, 0.3) is 5.91 Å². The molecular weight excluding hydrogens is 192 g/mol. The van der Waals surface area contributed by atoms with Gasteiger partial charge in [-0.3, -0.25) is 4.79 Å². The van der Waals surface area contributed by atoms with Crippen molar-refractivity contribution in [2.45, 2.75) is 18.9 Å². The summed E-state index contributed by atoms with van der Waals surface area (Å²) in [6.07, 6.45) is 5.03. The second-order valence-electron chi connectivity index (χ2n) is 4.02. The summed E-state index contributed by atoms with van der Waals surface area (Å²) in [5.41, 5.74) is 6.43. The standard InChI is InChI=1S/C10H16N4O/c1-13-7-12-6-9(13)10(15)14-4-2-8(11)3-5-14/h6-8H,2-5,11H2,1H3. The Kier molecular flexibility index (Phi) is 2.73. The molecule has 1 amide bonds. The summed E-state index contributed by atoms with van der Waals surface area (Å²) < 4.78 is 1.75. The zero-order chi connectivity index (χ0) is 10.8. The van der Waals surface area contributed by atoms with Gasteiger partial charge in [0, 0.05) is 26.2 Å². The molecular formula is C10H16N4O. The van der Waals surface area contributed by atoms with Gasteiger partial charge in [0.15, 0.2) is 0 Å². The Labute approximate surface area is 88.9 Å². The molecule has 5 nitrogen and oxygen atoms in total. The number of aryl methyl sites for hydroxylation is 1. The molecule has 0 aliphatic carbocycles. The number of piperidine rings is 1. The van der Waals surface area contributed by atoms with Crippen molar-refractivity contribution in [3.8, 4) is 0 Å². The lowest BCUT2D eigenvalue weighted by Crippen LogP contribution is -2.43. The average molecular weight is 208 g/mol. The molecule has 1 aromatic heterocycles. The number of nitrogens with two attached hydrogens (primary N) is 1. The maximum Gasteiger partial charge on any atom is 0.272 e. The van der Waals surface area contributed by atoms with Gasteiger partial charge in [0.1, 0.15) is 5.69 Å². The average Bonchev–Trinajstić information content (AvgIpc) is 2.65. The lowest BCUT2D eigenvalue weighted by Gasteiger charge is -2.30. The van der Waals surface area contributed by atoms with E-state index < -0.39 is 0 Å². The number of nitrogens with zero attached hydrogens (tertiary/aromatic N) is 3. The number of imidazole rings is 1. The third-order valence-electron chi connectivity index (χ3n) is 2.86. The fraction of sp³-hybridized carbons (Fsp3) is 0.600. The van der Waals surface area contributed by atoms with Crippen molar-refractivity contribution in [2.75, 3.05) is 13.1 Å². The molecule has 15 heavy (non-hydrogen) atoms. The van der Waals surface area contributed by atoms with Crippen LogP contribution in [0, 0.1) is 0 Å². The van der Waals surface area contributed by atoms with Crippen LogP contribution in [0.4, 0.5) is 0 Å². The Morgan fingerprint density at radius 3 is 2.73 bits per heavy atom. The van der Waals surface area contributed by atoms with E-state index in [1.54, 1.807) is 17.1 Å². The molecule has 0 saturated carbocycles. The number of carbonyl (C=O) groups is 1. The van der Waals surface area contributed by atoms with Crippen molar-refractivity contribution in [1.29, 1.82) is 0 Å². The predicted octanol–water partition coefficient (Wildman–Crippen LogP) is -0.0166. The number of amides is 1. The molecule has 0 atom stereocenters. The van der Waals surface area contributed by atoms with Crippen molar-refractivity contribution < 1.29 is 4.79 Å². The number of carbonyl (C=O) groups excluding carboxylic acids is 1. The van der Waals surface area contributed by atoms with Crippen LogP contribution in [0.25, 0.3) is 0 Å². The summed E-state index contributed by atoms with van der Waals surface area (Å²) in [5.74, 6) is 0.0573. The Balaban J connectivity index is 2.06. The first-order chi connectivity index (χ1) is 7.18. The minimum absolute atomic E-state index is 0.0573. The third-order valence-corrected chi connectivity index (χ3v) is 2.86. The van der Waals surface area contributed by atoms with Gasteiger partial charge in [0.05, 0.1) is 12.5 Å². The molecule has 2 N–H and O–H groups in total. The lowest BCUT2D eigenvalue weighted by molar-refractivity contribution is 0.0705. The first-order valence-electron chi connectivity index (χ1n) is 5.19. The van der Waals surface area contributed by atoms with Crippen molar-refractivity contribution in [2.24, 2.45) is 12.8 Å². The summed E-state index contributed by atoms with van der Waals surface area (Å²) in [6, 6.07) is 0.251. The van der Waals surface area contributed by atoms with E-state index in [1.165, 1.54) is 0 Å². The van der Waals surface area contributed by atoms with Crippen LogP contribution in [0.5, 0.6) is 0 Å². The van der Waals surface area contributed by atoms with Gasteiger partial charge >= 0.3 is 0 Å². The summed E-state index contributed by atoms with van der Waals surface area (Å²) >= 11 is 0. The number of likely N-dealkylation sites (tertiary alicyclic amines) is 1. The maximum atomic E-state index is 12.0. The van der Waals surface area contributed by atoms with Gasteiger partial charge < -0.3 is 15.2 Å². The van der Waals surface area contributed by atoms with Crippen LogP contribution in [0.15, 0.2) is 12.5 Å². The van der Waals surface area contributed by atoms with E-state index >= 15 is 0 Å². The SMILES string of the molecule is Cn1cncc1C(=O)N1CCC(N)CC1. The highest BCUT2D eigenvalue weighted by atomic mass is 16.2. The minimum atomic E-state index is 0.0573. The first kappa shape index (κ1) is 10.2. The third kappa shape index (κ3) is 2.02. The Hall–Kier alpha value is -1.36. The van der Waals surface area contributed by atoms with Crippen LogP contribution in [0.3, 0.4) is 0 Å². The Bertz CT molecular complexity index is 352. The first-order valence-corrected chi connectivity index (χ1v) is 5.19. The van der Waals surface area contributed by atoms with Crippen LogP contribution in [0.1, 0.15) is 23.3 Å². The fourth-order valence-electron chi connectivity index (χ4n) is 1.83. The Morgan fingerprint density at radius 1 is 1.53 bits per heavy atom. The van der Waals surface area contributed by atoms with Crippen LogP contribution < -0.4 is 5.73 Å². The number of aromatic nitrogens is 2. The van der Waals surface area contributed by atoms with Gasteiger partial charge in [-0.1, -0.05) is 0 Å². The van der Waals surface area contributed by atoms with Crippen molar-refractivity contribution >= 4 is 5.91 Å². The van der Waals surface area contributed by atoms with Crippen molar-refractivity contribution in [3.05, 3.63) is 18.2 Å². The molecule has 5 heteroatoms. The molecule has 2 heterocycles. The highest BCUT2D eigenvalue weighted by molar-refractivity contribution is 5.92. The van der Waals surface area contributed by atoms with Crippen LogP contribution in [-0.2, 0) is 7.05 Å². The van der Waals surface area contributed by atoms with Crippen molar-refractivity contribution in [1.82, 2.24) is 14.5 Å². The summed E-state index contributed by atoms with van der Waals surface area (Å²) in [5, 5.41) is 0. The van der Waals surface area contributed by atoms with Crippen LogP contribution in [0.2, 0.25) is 0 Å². The number of hydrogen-bond acceptors (Lipinski definition) is 3. The molecule has 2 rings (SSSR count). The van der Waals surface area contributed by atoms with Gasteiger partial charge in [-0.15, -0.1) is 0 Å². The molecule has 0 bridgehead atoms. The Morgan fingerprint density at radius 2 is 2.20 bits per heavy atom. The summed E-state index contributed by atoms with van der Waals surface area (Å²) in [6.45, 7) is 1.51. The second-order valence-corrected chi connectivity index (χ2v) is 4.02. The molecule has 1 aliphatic heterocycles. The molecule has 82 valence electrons. The topological polar surface area (TPSA) is 64.2 Å². The largest absolute Gasteiger partial charge is 0.337 e. The number of rotatable bonds is 1. The maximum absolute atomic E-state index is 12.0. The molecule has 0 unspecified atom stereocenters. The van der Waals surface area contributed by atoms with E-state index in [9.17, 15) is 4.79 Å². The number of hydrogen-bond donors (Lipinski definition) is 1. The van der Waals surface area contributed by atoms with Crippen LogP contribution >= 0.6 is 0 Å². The van der Waals surface area contributed by atoms with Gasteiger partial charge in [-0.25, -0.2) is 4.98 Å². The van der Waals surface area contributed by atoms with Gasteiger partial charge in [-0.2, -0.15) is 0 Å².